The standard InChI is InChI=1S/C13H14BClO7/c1-19-4-5-20-7-22-10-3-2-8-12(16)9(14(17)18)6-21-13(8)11(10)15/h2-3,6,17-18H,4-5,7H2,1H3. The van der Waals surface area contributed by atoms with E-state index in [9.17, 15) is 4.79 Å². The number of ether oxygens (including phenoxy) is 3. The summed E-state index contributed by atoms with van der Waals surface area (Å²) in [6.45, 7) is 0.775. The molecule has 1 aromatic carbocycles. The molecule has 1 heterocycles. The summed E-state index contributed by atoms with van der Waals surface area (Å²) in [4.78, 5) is 12.0. The van der Waals surface area contributed by atoms with Crippen molar-refractivity contribution in [1.29, 1.82) is 0 Å². The predicted molar refractivity (Wildman–Crippen MR) is 80.6 cm³/mol. The van der Waals surface area contributed by atoms with Crippen LogP contribution in [0.25, 0.3) is 11.0 Å². The van der Waals surface area contributed by atoms with Gasteiger partial charge in [-0.2, -0.15) is 0 Å². The van der Waals surface area contributed by atoms with Crippen LogP contribution in [0.15, 0.2) is 27.6 Å². The highest BCUT2D eigenvalue weighted by molar-refractivity contribution is 6.58. The highest BCUT2D eigenvalue weighted by Gasteiger charge is 2.20. The van der Waals surface area contributed by atoms with E-state index in [0.29, 0.717) is 13.2 Å². The second kappa shape index (κ2) is 7.62. The Bertz CT molecular complexity index is 701. The van der Waals surface area contributed by atoms with E-state index >= 15 is 0 Å². The molecule has 0 fully saturated rings. The third-order valence-electron chi connectivity index (χ3n) is 2.88. The molecule has 0 aliphatic heterocycles. The van der Waals surface area contributed by atoms with Gasteiger partial charge in [0.1, 0.15) is 10.8 Å². The van der Waals surface area contributed by atoms with Crippen molar-refractivity contribution in [2.75, 3.05) is 27.1 Å². The minimum absolute atomic E-state index is 0.0355. The number of rotatable bonds is 7. The molecule has 2 rings (SSSR count). The third-order valence-corrected chi connectivity index (χ3v) is 3.24. The van der Waals surface area contributed by atoms with Crippen LogP contribution in [0.2, 0.25) is 5.02 Å². The molecule has 9 heteroatoms. The summed E-state index contributed by atoms with van der Waals surface area (Å²) in [5, 5.41) is 18.4. The highest BCUT2D eigenvalue weighted by Crippen LogP contribution is 2.31. The second-order valence-corrected chi connectivity index (χ2v) is 4.69. The van der Waals surface area contributed by atoms with Crippen LogP contribution in [0, 0.1) is 0 Å². The van der Waals surface area contributed by atoms with E-state index in [1.807, 2.05) is 0 Å². The zero-order valence-electron chi connectivity index (χ0n) is 11.7. The molecule has 0 atom stereocenters. The zero-order chi connectivity index (χ0) is 16.1. The summed E-state index contributed by atoms with van der Waals surface area (Å²) < 4.78 is 20.5. The van der Waals surface area contributed by atoms with Crippen LogP contribution in [0.1, 0.15) is 0 Å². The molecule has 1 aromatic heterocycles. The maximum Gasteiger partial charge on any atom is 0.495 e. The monoisotopic (exact) mass is 328 g/mol. The van der Waals surface area contributed by atoms with Gasteiger partial charge in [0, 0.05) is 7.11 Å². The van der Waals surface area contributed by atoms with Crippen LogP contribution in [0.3, 0.4) is 0 Å². The average Bonchev–Trinajstić information content (AvgIpc) is 2.49. The summed E-state index contributed by atoms with van der Waals surface area (Å²) in [5.74, 6) is 0.284. The summed E-state index contributed by atoms with van der Waals surface area (Å²) in [6.07, 6.45) is 0.958. The van der Waals surface area contributed by atoms with Crippen molar-refractivity contribution in [3.05, 3.63) is 33.6 Å². The molecule has 2 aromatic rings. The Morgan fingerprint density at radius 1 is 1.32 bits per heavy atom. The van der Waals surface area contributed by atoms with Gasteiger partial charge in [0.25, 0.3) is 0 Å². The minimum atomic E-state index is -1.91. The van der Waals surface area contributed by atoms with Gasteiger partial charge in [-0.1, -0.05) is 11.6 Å². The van der Waals surface area contributed by atoms with E-state index in [2.05, 4.69) is 0 Å². The maximum absolute atomic E-state index is 12.0. The van der Waals surface area contributed by atoms with Crippen molar-refractivity contribution in [1.82, 2.24) is 0 Å². The first kappa shape index (κ1) is 16.8. The fourth-order valence-corrected chi connectivity index (χ4v) is 2.02. The first-order chi connectivity index (χ1) is 10.6. The van der Waals surface area contributed by atoms with Crippen molar-refractivity contribution in [2.45, 2.75) is 0 Å². The molecular formula is C13H14BClO7. The van der Waals surface area contributed by atoms with Crippen LogP contribution < -0.4 is 15.6 Å². The number of benzene rings is 1. The van der Waals surface area contributed by atoms with E-state index in [0.717, 1.165) is 6.26 Å². The zero-order valence-corrected chi connectivity index (χ0v) is 12.5. The smallest absolute Gasteiger partial charge is 0.466 e. The number of halogens is 1. The Kier molecular flexibility index (Phi) is 5.81. The van der Waals surface area contributed by atoms with Gasteiger partial charge in [-0.15, -0.1) is 0 Å². The molecule has 0 radical (unpaired) electrons. The predicted octanol–water partition coefficient (Wildman–Crippen LogP) is 0.126. The lowest BCUT2D eigenvalue weighted by Crippen LogP contribution is -2.41. The molecule has 0 amide bonds. The molecule has 0 unspecified atom stereocenters. The van der Waals surface area contributed by atoms with Gasteiger partial charge in [0.15, 0.2) is 17.8 Å². The summed E-state index contributed by atoms with van der Waals surface area (Å²) in [6, 6.07) is 2.91. The Morgan fingerprint density at radius 2 is 2.09 bits per heavy atom. The topological polar surface area (TPSA) is 98.4 Å². The van der Waals surface area contributed by atoms with Crippen molar-refractivity contribution in [3.8, 4) is 5.75 Å². The van der Waals surface area contributed by atoms with Gasteiger partial charge in [-0.05, 0) is 12.1 Å². The number of hydrogen-bond acceptors (Lipinski definition) is 7. The van der Waals surface area contributed by atoms with Crippen LogP contribution in [-0.2, 0) is 9.47 Å². The quantitative estimate of drug-likeness (QED) is 0.423. The van der Waals surface area contributed by atoms with Gasteiger partial charge in [0.2, 0.25) is 0 Å². The van der Waals surface area contributed by atoms with Crippen LogP contribution in [0.4, 0.5) is 0 Å². The fourth-order valence-electron chi connectivity index (χ4n) is 1.76. The van der Waals surface area contributed by atoms with Crippen LogP contribution >= 0.6 is 11.6 Å². The molecule has 7 nitrogen and oxygen atoms in total. The molecule has 22 heavy (non-hydrogen) atoms. The van der Waals surface area contributed by atoms with E-state index in [1.165, 1.54) is 12.1 Å². The number of hydrogen-bond donors (Lipinski definition) is 2. The van der Waals surface area contributed by atoms with Crippen molar-refractivity contribution in [2.24, 2.45) is 0 Å². The summed E-state index contributed by atoms with van der Waals surface area (Å²) >= 11 is 6.12. The molecule has 0 aliphatic rings. The van der Waals surface area contributed by atoms with Gasteiger partial charge in [-0.3, -0.25) is 4.79 Å². The fraction of sp³-hybridized carbons (Fsp3) is 0.308. The molecular weight excluding hydrogens is 314 g/mol. The average molecular weight is 329 g/mol. The van der Waals surface area contributed by atoms with E-state index in [4.69, 9.17) is 40.3 Å². The van der Waals surface area contributed by atoms with Gasteiger partial charge in [0.05, 0.1) is 30.3 Å². The lowest BCUT2D eigenvalue weighted by molar-refractivity contribution is -0.00839. The van der Waals surface area contributed by atoms with Crippen LogP contribution in [-0.4, -0.2) is 44.3 Å². The Balaban J connectivity index is 2.24. The first-order valence-corrected chi connectivity index (χ1v) is 6.73. The normalized spacial score (nSPS) is 10.9. The second-order valence-electron chi connectivity index (χ2n) is 4.31. The lowest BCUT2D eigenvalue weighted by Gasteiger charge is -2.10. The van der Waals surface area contributed by atoms with Gasteiger partial charge < -0.3 is 28.7 Å². The molecule has 0 aliphatic carbocycles. The molecule has 0 saturated heterocycles. The molecule has 118 valence electrons. The largest absolute Gasteiger partial charge is 0.495 e. The Labute approximate surface area is 131 Å². The van der Waals surface area contributed by atoms with E-state index < -0.39 is 12.5 Å². The highest BCUT2D eigenvalue weighted by atomic mass is 35.5. The van der Waals surface area contributed by atoms with Crippen LogP contribution in [0.5, 0.6) is 5.75 Å². The maximum atomic E-state index is 12.0. The van der Waals surface area contributed by atoms with E-state index in [-0.39, 0.29) is 34.0 Å². The van der Waals surface area contributed by atoms with Crippen molar-refractivity contribution in [3.63, 3.8) is 0 Å². The SMILES string of the molecule is COCCOCOc1ccc2c(=O)c(B(O)O)coc2c1Cl. The third kappa shape index (κ3) is 3.60. The van der Waals surface area contributed by atoms with E-state index in [1.54, 1.807) is 7.11 Å². The summed E-state index contributed by atoms with van der Waals surface area (Å²) in [5.41, 5.74) is -0.730. The number of methoxy groups -OCH3 is 1. The van der Waals surface area contributed by atoms with Crippen molar-refractivity contribution >= 4 is 35.2 Å². The first-order valence-electron chi connectivity index (χ1n) is 6.35. The summed E-state index contributed by atoms with van der Waals surface area (Å²) in [7, 11) is -0.353. The van der Waals surface area contributed by atoms with Crippen molar-refractivity contribution < 1.29 is 28.7 Å². The van der Waals surface area contributed by atoms with Gasteiger partial charge in [-0.25, -0.2) is 0 Å². The molecule has 0 saturated carbocycles. The Hall–Kier alpha value is -1.58. The molecule has 0 bridgehead atoms. The lowest BCUT2D eigenvalue weighted by atomic mass is 9.81. The van der Waals surface area contributed by atoms with Gasteiger partial charge >= 0.3 is 7.12 Å². The Morgan fingerprint density at radius 3 is 2.77 bits per heavy atom. The minimum Gasteiger partial charge on any atom is -0.466 e. The molecule has 0 spiro atoms. The molecule has 2 N–H and O–H groups in total. The number of fused-ring (bicyclic) bond motifs is 1.